The molecule has 1 unspecified atom stereocenters. The Hall–Kier alpha value is -2.15. The zero-order chi connectivity index (χ0) is 13.9. The molecule has 1 aliphatic rings. The van der Waals surface area contributed by atoms with Gasteiger partial charge in [-0.25, -0.2) is 9.97 Å². The maximum Gasteiger partial charge on any atom is 0.316 e. The summed E-state index contributed by atoms with van der Waals surface area (Å²) in [5, 5.41) is 3.97. The van der Waals surface area contributed by atoms with Crippen LogP contribution in [0.1, 0.15) is 17.0 Å². The van der Waals surface area contributed by atoms with Gasteiger partial charge in [0.15, 0.2) is 0 Å². The van der Waals surface area contributed by atoms with Crippen molar-refractivity contribution in [2.75, 3.05) is 13.1 Å². The molecule has 0 spiro atoms. The van der Waals surface area contributed by atoms with Crippen LogP contribution in [0.2, 0.25) is 5.02 Å². The number of hydrogen-bond donors (Lipinski definition) is 0. The largest absolute Gasteiger partial charge is 0.458 e. The number of hydrogen-bond acceptors (Lipinski definition) is 6. The number of halogens is 1. The van der Waals surface area contributed by atoms with Crippen LogP contribution in [0.15, 0.2) is 29.2 Å². The first-order chi connectivity index (χ1) is 9.72. The standard InChI is InChI=1S/C12H11ClN4O3/c13-8-5-14-12(15-6-8)19-9-2-4-17(7-9)11(18)10-1-3-16-20-10/h1,3,5-6,9H,2,4,7H2. The number of ether oxygens (including phenoxy) is 1. The second-order valence-electron chi connectivity index (χ2n) is 4.34. The molecule has 1 fully saturated rings. The Morgan fingerprint density at radius 3 is 2.95 bits per heavy atom. The van der Waals surface area contributed by atoms with Crippen LogP contribution in [0, 0.1) is 0 Å². The van der Waals surface area contributed by atoms with Crippen molar-refractivity contribution in [3.8, 4) is 6.01 Å². The Morgan fingerprint density at radius 2 is 2.25 bits per heavy atom. The van der Waals surface area contributed by atoms with E-state index in [2.05, 4.69) is 15.1 Å². The van der Waals surface area contributed by atoms with Gasteiger partial charge < -0.3 is 14.2 Å². The third-order valence-corrected chi connectivity index (χ3v) is 3.14. The van der Waals surface area contributed by atoms with E-state index in [1.54, 1.807) is 11.0 Å². The van der Waals surface area contributed by atoms with Crippen LogP contribution < -0.4 is 4.74 Å². The second-order valence-corrected chi connectivity index (χ2v) is 4.78. The van der Waals surface area contributed by atoms with Crippen LogP contribution in [0.4, 0.5) is 0 Å². The third kappa shape index (κ3) is 2.72. The van der Waals surface area contributed by atoms with Gasteiger partial charge in [0.05, 0.1) is 30.2 Å². The zero-order valence-electron chi connectivity index (χ0n) is 10.4. The quantitative estimate of drug-likeness (QED) is 0.851. The summed E-state index contributed by atoms with van der Waals surface area (Å²) in [4.78, 5) is 21.6. The Kier molecular flexibility index (Phi) is 3.51. The number of likely N-dealkylation sites (tertiary alicyclic amines) is 1. The lowest BCUT2D eigenvalue weighted by molar-refractivity contribution is 0.0728. The second kappa shape index (κ2) is 5.46. The first kappa shape index (κ1) is 12.9. The van der Waals surface area contributed by atoms with Gasteiger partial charge in [-0.2, -0.15) is 0 Å². The van der Waals surface area contributed by atoms with E-state index in [-0.39, 0.29) is 23.8 Å². The van der Waals surface area contributed by atoms with Crippen molar-refractivity contribution in [2.24, 2.45) is 0 Å². The number of nitrogens with zero attached hydrogens (tertiary/aromatic N) is 4. The van der Waals surface area contributed by atoms with E-state index >= 15 is 0 Å². The summed E-state index contributed by atoms with van der Waals surface area (Å²) in [6, 6.07) is 1.80. The molecule has 1 saturated heterocycles. The van der Waals surface area contributed by atoms with Crippen LogP contribution >= 0.6 is 11.6 Å². The SMILES string of the molecule is O=C(c1ccno1)N1CCC(Oc2ncc(Cl)cn2)C1. The molecular formula is C12H11ClN4O3. The summed E-state index contributed by atoms with van der Waals surface area (Å²) in [5.41, 5.74) is 0. The lowest BCUT2D eigenvalue weighted by Gasteiger charge is -2.14. The van der Waals surface area contributed by atoms with Crippen LogP contribution in [-0.4, -0.2) is 45.1 Å². The lowest BCUT2D eigenvalue weighted by atomic mass is 10.3. The van der Waals surface area contributed by atoms with Gasteiger partial charge in [0.1, 0.15) is 6.10 Å². The normalized spacial score (nSPS) is 18.2. The van der Waals surface area contributed by atoms with Crippen LogP contribution in [0.25, 0.3) is 0 Å². The minimum atomic E-state index is -0.189. The molecule has 0 bridgehead atoms. The molecule has 0 aromatic carbocycles. The van der Waals surface area contributed by atoms with Gasteiger partial charge in [-0.3, -0.25) is 4.79 Å². The highest BCUT2D eigenvalue weighted by atomic mass is 35.5. The van der Waals surface area contributed by atoms with Crippen molar-refractivity contribution < 1.29 is 14.1 Å². The molecule has 8 heteroatoms. The highest BCUT2D eigenvalue weighted by Gasteiger charge is 2.30. The predicted molar refractivity (Wildman–Crippen MR) is 68.5 cm³/mol. The van der Waals surface area contributed by atoms with Gasteiger partial charge in [0.2, 0.25) is 5.76 Å². The van der Waals surface area contributed by atoms with Gasteiger partial charge in [0.25, 0.3) is 5.91 Å². The Balaban J connectivity index is 1.59. The van der Waals surface area contributed by atoms with E-state index in [1.807, 2.05) is 0 Å². The van der Waals surface area contributed by atoms with Crippen molar-refractivity contribution in [1.29, 1.82) is 0 Å². The van der Waals surface area contributed by atoms with Crippen molar-refractivity contribution in [3.63, 3.8) is 0 Å². The average molecular weight is 295 g/mol. The Bertz CT molecular complexity index is 587. The van der Waals surface area contributed by atoms with E-state index in [1.165, 1.54) is 18.6 Å². The summed E-state index contributed by atoms with van der Waals surface area (Å²) >= 11 is 5.70. The van der Waals surface area contributed by atoms with Crippen LogP contribution in [-0.2, 0) is 0 Å². The number of amides is 1. The molecule has 1 atom stereocenters. The summed E-state index contributed by atoms with van der Waals surface area (Å²) in [6.07, 6.45) is 4.96. The Labute approximate surface area is 119 Å². The molecule has 104 valence electrons. The maximum absolute atomic E-state index is 12.0. The fourth-order valence-electron chi connectivity index (χ4n) is 2.00. The fourth-order valence-corrected chi connectivity index (χ4v) is 2.10. The maximum atomic E-state index is 12.0. The highest BCUT2D eigenvalue weighted by Crippen LogP contribution is 2.17. The third-order valence-electron chi connectivity index (χ3n) is 2.95. The predicted octanol–water partition coefficient (Wildman–Crippen LogP) is 1.41. The van der Waals surface area contributed by atoms with E-state index in [0.29, 0.717) is 24.5 Å². The monoisotopic (exact) mass is 294 g/mol. The molecular weight excluding hydrogens is 284 g/mol. The molecule has 20 heavy (non-hydrogen) atoms. The minimum Gasteiger partial charge on any atom is -0.458 e. The summed E-state index contributed by atoms with van der Waals surface area (Å²) < 4.78 is 10.5. The molecule has 2 aromatic rings. The minimum absolute atomic E-state index is 0.136. The number of rotatable bonds is 3. The molecule has 3 heterocycles. The number of carbonyl (C=O) groups excluding carboxylic acids is 1. The van der Waals surface area contributed by atoms with Gasteiger partial charge in [-0.05, 0) is 0 Å². The van der Waals surface area contributed by atoms with Crippen LogP contribution in [0.3, 0.4) is 0 Å². The molecule has 3 rings (SSSR count). The zero-order valence-corrected chi connectivity index (χ0v) is 11.2. The fraction of sp³-hybridized carbons (Fsp3) is 0.333. The smallest absolute Gasteiger partial charge is 0.316 e. The van der Waals surface area contributed by atoms with E-state index in [0.717, 1.165) is 0 Å². The highest BCUT2D eigenvalue weighted by molar-refractivity contribution is 6.30. The van der Waals surface area contributed by atoms with Crippen molar-refractivity contribution in [1.82, 2.24) is 20.0 Å². The summed E-state index contributed by atoms with van der Waals surface area (Å²) in [5.74, 6) is 0.0408. The molecule has 1 amide bonds. The van der Waals surface area contributed by atoms with E-state index in [9.17, 15) is 4.79 Å². The number of carbonyl (C=O) groups is 1. The summed E-state index contributed by atoms with van der Waals surface area (Å²) in [7, 11) is 0. The van der Waals surface area contributed by atoms with Gasteiger partial charge >= 0.3 is 6.01 Å². The molecule has 0 radical (unpaired) electrons. The van der Waals surface area contributed by atoms with Gasteiger partial charge in [-0.15, -0.1) is 0 Å². The van der Waals surface area contributed by atoms with Crippen molar-refractivity contribution >= 4 is 17.5 Å². The number of aromatic nitrogens is 3. The van der Waals surface area contributed by atoms with E-state index < -0.39 is 0 Å². The Morgan fingerprint density at radius 1 is 1.45 bits per heavy atom. The molecule has 2 aromatic heterocycles. The van der Waals surface area contributed by atoms with E-state index in [4.69, 9.17) is 20.9 Å². The average Bonchev–Trinajstić information content (AvgIpc) is 3.12. The summed E-state index contributed by atoms with van der Waals surface area (Å²) in [6.45, 7) is 1.06. The first-order valence-corrected chi connectivity index (χ1v) is 6.44. The van der Waals surface area contributed by atoms with Crippen molar-refractivity contribution in [3.05, 3.63) is 35.4 Å². The van der Waals surface area contributed by atoms with Crippen LogP contribution in [0.5, 0.6) is 6.01 Å². The molecule has 1 aliphatic heterocycles. The lowest BCUT2D eigenvalue weighted by Crippen LogP contribution is -2.30. The molecule has 0 N–H and O–H groups in total. The van der Waals surface area contributed by atoms with Crippen molar-refractivity contribution in [2.45, 2.75) is 12.5 Å². The first-order valence-electron chi connectivity index (χ1n) is 6.06. The molecule has 0 saturated carbocycles. The molecule has 7 nitrogen and oxygen atoms in total. The molecule has 0 aliphatic carbocycles. The topological polar surface area (TPSA) is 81.4 Å². The van der Waals surface area contributed by atoms with Gasteiger partial charge in [-0.1, -0.05) is 16.8 Å². The van der Waals surface area contributed by atoms with Gasteiger partial charge in [0, 0.05) is 19.0 Å².